The molecule has 10 heteroatoms. The molecule has 0 unspecified atom stereocenters. The van der Waals surface area contributed by atoms with Crippen molar-refractivity contribution < 1.29 is 24.3 Å². The Hall–Kier alpha value is -3.63. The van der Waals surface area contributed by atoms with Gasteiger partial charge in [0, 0.05) is 27.7 Å². The third kappa shape index (κ3) is 5.07. The summed E-state index contributed by atoms with van der Waals surface area (Å²) in [6.45, 7) is -0.393. The number of carbonyl (C=O) groups excluding carboxylic acids is 3. The fourth-order valence-electron chi connectivity index (χ4n) is 3.16. The Bertz CT molecular complexity index is 1280. The third-order valence-corrected chi connectivity index (χ3v) is 6.19. The van der Waals surface area contributed by atoms with Crippen molar-refractivity contribution in [3.05, 3.63) is 87.5 Å². The molecule has 0 aliphatic carbocycles. The number of imide groups is 1. The van der Waals surface area contributed by atoms with E-state index in [1.54, 1.807) is 65.4 Å². The van der Waals surface area contributed by atoms with E-state index in [-0.39, 0.29) is 10.5 Å². The summed E-state index contributed by atoms with van der Waals surface area (Å²) in [4.78, 5) is 49.7. The average Bonchev–Trinajstić information content (AvgIpc) is 3.35. The van der Waals surface area contributed by atoms with Gasteiger partial charge in [0.2, 0.25) is 5.91 Å². The van der Waals surface area contributed by atoms with E-state index in [2.05, 4.69) is 21.2 Å². The predicted molar refractivity (Wildman–Crippen MR) is 128 cm³/mol. The van der Waals surface area contributed by atoms with Gasteiger partial charge in [0.1, 0.15) is 6.54 Å². The molecule has 2 aromatic carbocycles. The molecule has 1 fully saturated rings. The van der Waals surface area contributed by atoms with Gasteiger partial charge in [-0.05, 0) is 78.5 Å². The predicted octanol–water partition coefficient (Wildman–Crippen LogP) is 4.61. The maximum absolute atomic E-state index is 12.8. The van der Waals surface area contributed by atoms with Crippen LogP contribution >= 0.6 is 27.7 Å². The number of carbonyl (C=O) groups is 4. The molecule has 2 heterocycles. The molecule has 3 aromatic rings. The summed E-state index contributed by atoms with van der Waals surface area (Å²) in [6, 6.07) is 16.7. The summed E-state index contributed by atoms with van der Waals surface area (Å²) >= 11 is 4.08. The van der Waals surface area contributed by atoms with Crippen LogP contribution in [0.1, 0.15) is 16.1 Å². The molecule has 2 N–H and O–H groups in total. The zero-order chi connectivity index (χ0) is 23.5. The second kappa shape index (κ2) is 9.47. The van der Waals surface area contributed by atoms with Gasteiger partial charge in [0.05, 0.1) is 10.5 Å². The van der Waals surface area contributed by atoms with E-state index in [0.717, 1.165) is 21.1 Å². The Morgan fingerprint density at radius 1 is 1.03 bits per heavy atom. The van der Waals surface area contributed by atoms with Gasteiger partial charge in [-0.25, -0.2) is 4.79 Å². The molecule has 0 saturated carbocycles. The number of aromatic nitrogens is 1. The lowest BCUT2D eigenvalue weighted by Crippen LogP contribution is -2.36. The molecule has 0 radical (unpaired) electrons. The Kier molecular flexibility index (Phi) is 6.47. The van der Waals surface area contributed by atoms with Crippen LogP contribution in [0.2, 0.25) is 0 Å². The molecule has 3 amide bonds. The zero-order valence-corrected chi connectivity index (χ0v) is 19.3. The van der Waals surface area contributed by atoms with Crippen LogP contribution in [0.5, 0.6) is 0 Å². The first-order valence-corrected chi connectivity index (χ1v) is 11.2. The van der Waals surface area contributed by atoms with E-state index in [1.165, 1.54) is 12.1 Å². The first-order chi connectivity index (χ1) is 15.8. The molecule has 0 atom stereocenters. The molecule has 1 aliphatic heterocycles. The minimum Gasteiger partial charge on any atom is -0.478 e. The van der Waals surface area contributed by atoms with Crippen LogP contribution in [0.4, 0.5) is 10.5 Å². The van der Waals surface area contributed by atoms with Gasteiger partial charge in [-0.3, -0.25) is 19.3 Å². The van der Waals surface area contributed by atoms with Crippen molar-refractivity contribution in [3.63, 3.8) is 0 Å². The van der Waals surface area contributed by atoms with E-state index in [4.69, 9.17) is 5.11 Å². The van der Waals surface area contributed by atoms with Crippen molar-refractivity contribution in [1.82, 2.24) is 9.47 Å². The summed E-state index contributed by atoms with van der Waals surface area (Å²) in [5.41, 5.74) is 2.04. The number of halogens is 1. The lowest BCUT2D eigenvalue weighted by molar-refractivity contribution is -0.127. The maximum atomic E-state index is 12.8. The summed E-state index contributed by atoms with van der Waals surface area (Å²) in [7, 11) is 0. The number of thioether (sulfide) groups is 1. The van der Waals surface area contributed by atoms with Gasteiger partial charge in [0.15, 0.2) is 0 Å². The number of hydrogen-bond donors (Lipinski definition) is 2. The summed E-state index contributed by atoms with van der Waals surface area (Å²) in [6.07, 6.45) is 3.33. The normalized spacial score (nSPS) is 14.7. The van der Waals surface area contributed by atoms with Gasteiger partial charge < -0.3 is 15.0 Å². The number of amides is 3. The monoisotopic (exact) mass is 525 g/mol. The molecule has 166 valence electrons. The van der Waals surface area contributed by atoms with Crippen molar-refractivity contribution in [2.45, 2.75) is 0 Å². The average molecular weight is 526 g/mol. The minimum atomic E-state index is -1.02. The summed E-state index contributed by atoms with van der Waals surface area (Å²) in [5.74, 6) is -2.06. The van der Waals surface area contributed by atoms with Crippen LogP contribution in [0.15, 0.2) is 76.2 Å². The molecule has 0 spiro atoms. The lowest BCUT2D eigenvalue weighted by atomic mass is 10.2. The van der Waals surface area contributed by atoms with E-state index in [0.29, 0.717) is 17.1 Å². The second-order valence-electron chi connectivity index (χ2n) is 6.98. The lowest BCUT2D eigenvalue weighted by Gasteiger charge is -2.12. The Morgan fingerprint density at radius 2 is 1.73 bits per heavy atom. The highest BCUT2D eigenvalue weighted by molar-refractivity contribution is 9.10. The number of nitrogens with zero attached hydrogens (tertiary/aromatic N) is 2. The van der Waals surface area contributed by atoms with E-state index in [9.17, 15) is 19.2 Å². The van der Waals surface area contributed by atoms with Crippen LogP contribution in [-0.2, 0) is 9.59 Å². The third-order valence-electron chi connectivity index (χ3n) is 4.75. The summed E-state index contributed by atoms with van der Waals surface area (Å²) < 4.78 is 2.62. The molecule has 8 nitrogen and oxygen atoms in total. The van der Waals surface area contributed by atoms with Crippen LogP contribution in [0, 0.1) is 0 Å². The SMILES string of the molecule is O=C(CN1C(=O)S/C(=C\c2cccn2-c2ccc(C(=O)O)cc2)C1=O)Nc1ccc(Br)cc1. The number of aromatic carboxylic acids is 1. The Morgan fingerprint density at radius 3 is 2.39 bits per heavy atom. The molecule has 1 aromatic heterocycles. The zero-order valence-electron chi connectivity index (χ0n) is 16.9. The minimum absolute atomic E-state index is 0.162. The first-order valence-electron chi connectivity index (χ1n) is 9.64. The van der Waals surface area contributed by atoms with Gasteiger partial charge in [-0.15, -0.1) is 0 Å². The fourth-order valence-corrected chi connectivity index (χ4v) is 4.25. The highest BCUT2D eigenvalue weighted by Gasteiger charge is 2.36. The van der Waals surface area contributed by atoms with E-state index >= 15 is 0 Å². The number of benzene rings is 2. The highest BCUT2D eigenvalue weighted by Crippen LogP contribution is 2.32. The van der Waals surface area contributed by atoms with E-state index in [1.807, 2.05) is 0 Å². The fraction of sp³-hybridized carbons (Fsp3) is 0.0435. The van der Waals surface area contributed by atoms with Crippen molar-refractivity contribution in [3.8, 4) is 5.69 Å². The van der Waals surface area contributed by atoms with Crippen molar-refractivity contribution in [2.24, 2.45) is 0 Å². The number of nitrogens with one attached hydrogen (secondary N) is 1. The largest absolute Gasteiger partial charge is 0.478 e. The molecular weight excluding hydrogens is 510 g/mol. The van der Waals surface area contributed by atoms with Gasteiger partial charge in [-0.2, -0.15) is 0 Å². The Balaban J connectivity index is 1.49. The van der Waals surface area contributed by atoms with Crippen molar-refractivity contribution in [2.75, 3.05) is 11.9 Å². The van der Waals surface area contributed by atoms with Crippen LogP contribution in [0.3, 0.4) is 0 Å². The molecule has 0 bridgehead atoms. The topological polar surface area (TPSA) is 109 Å². The van der Waals surface area contributed by atoms with Crippen LogP contribution < -0.4 is 5.32 Å². The molecule has 1 aliphatic rings. The maximum Gasteiger partial charge on any atom is 0.335 e. The first kappa shape index (κ1) is 22.6. The number of hydrogen-bond acceptors (Lipinski definition) is 5. The number of carboxylic acid groups (broad SMARTS) is 1. The van der Waals surface area contributed by atoms with Crippen LogP contribution in [-0.4, -0.2) is 44.1 Å². The molecule has 4 rings (SSSR count). The molecule has 33 heavy (non-hydrogen) atoms. The molecule has 1 saturated heterocycles. The van der Waals surface area contributed by atoms with Crippen molar-refractivity contribution >= 4 is 62.5 Å². The molecular formula is C23H16BrN3O5S. The smallest absolute Gasteiger partial charge is 0.335 e. The van der Waals surface area contributed by atoms with E-state index < -0.39 is 29.6 Å². The van der Waals surface area contributed by atoms with Crippen molar-refractivity contribution in [1.29, 1.82) is 0 Å². The van der Waals surface area contributed by atoms with Crippen LogP contribution in [0.25, 0.3) is 11.8 Å². The second-order valence-corrected chi connectivity index (χ2v) is 8.89. The quantitative estimate of drug-likeness (QED) is 0.454. The standard InChI is InChI=1S/C23H16BrN3O5S/c24-15-5-7-16(8-6-15)25-20(28)13-27-21(29)19(33-23(27)32)12-18-2-1-11-26(18)17-9-3-14(4-10-17)22(30)31/h1-12H,13H2,(H,25,28)(H,30,31)/b19-12-. The Labute approximate surface area is 201 Å². The number of anilines is 1. The number of rotatable bonds is 6. The van der Waals surface area contributed by atoms with Gasteiger partial charge in [0.25, 0.3) is 11.1 Å². The highest BCUT2D eigenvalue weighted by atomic mass is 79.9. The number of carboxylic acids is 1. The summed E-state index contributed by atoms with van der Waals surface area (Å²) in [5, 5.41) is 11.2. The van der Waals surface area contributed by atoms with Gasteiger partial charge in [-0.1, -0.05) is 15.9 Å². The van der Waals surface area contributed by atoms with Gasteiger partial charge >= 0.3 is 5.97 Å².